The summed E-state index contributed by atoms with van der Waals surface area (Å²) in [5.41, 5.74) is 3.73. The standard InChI is InChI=1S/C26H24N6O2/c1-31(20-8-3-2-4-9-20)13-12-28-26(33)22-15-24(19-7-5-11-27-16-19)30-25-23(22)17-29-32(25)18-21-10-6-14-34-21/h2-11,14-17H,12-13,18H2,1H3,(H,28,33). The zero-order valence-electron chi connectivity index (χ0n) is 18.8. The molecule has 34 heavy (non-hydrogen) atoms. The number of para-hydroxylation sites is 1. The second kappa shape index (κ2) is 9.58. The van der Waals surface area contributed by atoms with Gasteiger partial charge in [-0.3, -0.25) is 9.78 Å². The Morgan fingerprint density at radius 1 is 1.09 bits per heavy atom. The maximum atomic E-state index is 13.3. The smallest absolute Gasteiger partial charge is 0.252 e. The minimum absolute atomic E-state index is 0.170. The predicted molar refractivity (Wildman–Crippen MR) is 131 cm³/mol. The summed E-state index contributed by atoms with van der Waals surface area (Å²) in [4.78, 5) is 24.4. The van der Waals surface area contributed by atoms with E-state index in [2.05, 4.69) is 20.3 Å². The number of furan rings is 1. The molecule has 8 heteroatoms. The Morgan fingerprint density at radius 3 is 2.74 bits per heavy atom. The van der Waals surface area contributed by atoms with Crippen LogP contribution >= 0.6 is 0 Å². The monoisotopic (exact) mass is 452 g/mol. The van der Waals surface area contributed by atoms with Crippen molar-refractivity contribution in [3.63, 3.8) is 0 Å². The summed E-state index contributed by atoms with van der Waals surface area (Å²) in [6.07, 6.45) is 6.75. The number of aromatic nitrogens is 4. The molecular formula is C26H24N6O2. The van der Waals surface area contributed by atoms with E-state index in [1.807, 2.05) is 61.6 Å². The van der Waals surface area contributed by atoms with E-state index >= 15 is 0 Å². The lowest BCUT2D eigenvalue weighted by molar-refractivity contribution is 0.0956. The number of fused-ring (bicyclic) bond motifs is 1. The van der Waals surface area contributed by atoms with Gasteiger partial charge >= 0.3 is 0 Å². The maximum absolute atomic E-state index is 13.3. The fraction of sp³-hybridized carbons (Fsp3) is 0.154. The molecule has 0 fully saturated rings. The number of nitrogens with zero attached hydrogens (tertiary/aromatic N) is 5. The number of pyridine rings is 2. The van der Waals surface area contributed by atoms with Crippen LogP contribution in [-0.2, 0) is 6.54 Å². The molecule has 0 saturated heterocycles. The number of carbonyl (C=O) groups excluding carboxylic acids is 1. The number of amides is 1. The topological polar surface area (TPSA) is 89.1 Å². The Hall–Kier alpha value is -4.46. The molecule has 1 amide bonds. The van der Waals surface area contributed by atoms with Crippen LogP contribution < -0.4 is 10.2 Å². The van der Waals surface area contributed by atoms with E-state index in [4.69, 9.17) is 9.40 Å². The lowest BCUT2D eigenvalue weighted by Gasteiger charge is -2.19. The number of hydrogen-bond donors (Lipinski definition) is 1. The summed E-state index contributed by atoms with van der Waals surface area (Å²) in [6, 6.07) is 19.4. The third-order valence-electron chi connectivity index (χ3n) is 5.63. The quantitative estimate of drug-likeness (QED) is 0.383. The van der Waals surface area contributed by atoms with Crippen molar-refractivity contribution in [2.75, 3.05) is 25.0 Å². The fourth-order valence-electron chi connectivity index (χ4n) is 3.81. The summed E-state index contributed by atoms with van der Waals surface area (Å²) in [5, 5.41) is 8.22. The first-order chi connectivity index (χ1) is 16.7. The Labute approximate surface area is 196 Å². The van der Waals surface area contributed by atoms with Gasteiger partial charge in [-0.05, 0) is 42.5 Å². The highest BCUT2D eigenvalue weighted by atomic mass is 16.3. The molecular weight excluding hydrogens is 428 g/mol. The third-order valence-corrected chi connectivity index (χ3v) is 5.63. The van der Waals surface area contributed by atoms with Crippen LogP contribution in [0, 0.1) is 0 Å². The van der Waals surface area contributed by atoms with E-state index in [-0.39, 0.29) is 5.91 Å². The van der Waals surface area contributed by atoms with E-state index in [0.29, 0.717) is 41.9 Å². The number of hydrogen-bond acceptors (Lipinski definition) is 6. The van der Waals surface area contributed by atoms with Gasteiger partial charge in [0.05, 0.1) is 29.1 Å². The van der Waals surface area contributed by atoms with Gasteiger partial charge in [-0.2, -0.15) is 5.10 Å². The summed E-state index contributed by atoms with van der Waals surface area (Å²) >= 11 is 0. The summed E-state index contributed by atoms with van der Waals surface area (Å²) in [7, 11) is 2.01. The van der Waals surface area contributed by atoms with Gasteiger partial charge in [-0.15, -0.1) is 0 Å². The zero-order chi connectivity index (χ0) is 23.3. The molecule has 8 nitrogen and oxygen atoms in total. The second-order valence-electron chi connectivity index (χ2n) is 7.93. The highest BCUT2D eigenvalue weighted by Gasteiger charge is 2.18. The SMILES string of the molecule is CN(CCNC(=O)c1cc(-c2cccnc2)nc2c1cnn2Cc1ccco1)c1ccccc1. The van der Waals surface area contributed by atoms with Crippen molar-refractivity contribution in [2.45, 2.75) is 6.54 Å². The van der Waals surface area contributed by atoms with Crippen molar-refractivity contribution in [1.29, 1.82) is 0 Å². The molecule has 0 spiro atoms. The van der Waals surface area contributed by atoms with E-state index in [0.717, 1.165) is 17.0 Å². The van der Waals surface area contributed by atoms with Gasteiger partial charge in [0.1, 0.15) is 12.3 Å². The third kappa shape index (κ3) is 4.52. The molecule has 4 heterocycles. The van der Waals surface area contributed by atoms with E-state index in [1.165, 1.54) is 0 Å². The normalized spacial score (nSPS) is 11.0. The van der Waals surface area contributed by atoms with Crippen LogP contribution in [-0.4, -0.2) is 45.8 Å². The van der Waals surface area contributed by atoms with Crippen LogP contribution in [0.4, 0.5) is 5.69 Å². The first kappa shape index (κ1) is 21.4. The lowest BCUT2D eigenvalue weighted by atomic mass is 10.1. The second-order valence-corrected chi connectivity index (χ2v) is 7.93. The average molecular weight is 453 g/mol. The molecule has 1 N–H and O–H groups in total. The van der Waals surface area contributed by atoms with Gasteiger partial charge in [0, 0.05) is 43.8 Å². The van der Waals surface area contributed by atoms with Crippen LogP contribution in [0.15, 0.2) is 89.9 Å². The van der Waals surface area contributed by atoms with Crippen molar-refractivity contribution in [3.8, 4) is 11.3 Å². The fourth-order valence-corrected chi connectivity index (χ4v) is 3.81. The Morgan fingerprint density at radius 2 is 1.97 bits per heavy atom. The molecule has 0 aliphatic rings. The number of nitrogens with one attached hydrogen (secondary N) is 1. The van der Waals surface area contributed by atoms with Crippen LogP contribution in [0.1, 0.15) is 16.1 Å². The van der Waals surface area contributed by atoms with Gasteiger partial charge in [0.2, 0.25) is 0 Å². The molecule has 0 unspecified atom stereocenters. The molecule has 5 rings (SSSR count). The first-order valence-corrected chi connectivity index (χ1v) is 11.0. The molecule has 0 aliphatic heterocycles. The van der Waals surface area contributed by atoms with Gasteiger partial charge in [-0.1, -0.05) is 18.2 Å². The Bertz CT molecular complexity index is 1380. The summed E-state index contributed by atoms with van der Waals surface area (Å²) < 4.78 is 7.22. The Kier molecular flexibility index (Phi) is 6.03. The molecule has 0 atom stereocenters. The molecule has 4 aromatic heterocycles. The number of likely N-dealkylation sites (N-methyl/N-ethyl adjacent to an activating group) is 1. The van der Waals surface area contributed by atoms with Crippen LogP contribution in [0.25, 0.3) is 22.3 Å². The Balaban J connectivity index is 1.43. The molecule has 0 saturated carbocycles. The number of benzene rings is 1. The van der Waals surface area contributed by atoms with E-state index < -0.39 is 0 Å². The predicted octanol–water partition coefficient (Wildman–Crippen LogP) is 4.00. The molecule has 170 valence electrons. The van der Waals surface area contributed by atoms with Gasteiger partial charge < -0.3 is 14.6 Å². The lowest BCUT2D eigenvalue weighted by Crippen LogP contribution is -2.33. The molecule has 0 bridgehead atoms. The minimum Gasteiger partial charge on any atom is -0.467 e. The average Bonchev–Trinajstić information content (AvgIpc) is 3.55. The maximum Gasteiger partial charge on any atom is 0.252 e. The van der Waals surface area contributed by atoms with E-state index in [9.17, 15) is 4.79 Å². The van der Waals surface area contributed by atoms with Crippen LogP contribution in [0.2, 0.25) is 0 Å². The van der Waals surface area contributed by atoms with Gasteiger partial charge in [-0.25, -0.2) is 9.67 Å². The molecule has 0 aliphatic carbocycles. The molecule has 1 aromatic carbocycles. The molecule has 0 radical (unpaired) electrons. The largest absolute Gasteiger partial charge is 0.467 e. The van der Waals surface area contributed by atoms with Crippen molar-refractivity contribution < 1.29 is 9.21 Å². The highest BCUT2D eigenvalue weighted by molar-refractivity contribution is 6.06. The van der Waals surface area contributed by atoms with E-state index in [1.54, 1.807) is 35.6 Å². The highest BCUT2D eigenvalue weighted by Crippen LogP contribution is 2.25. The summed E-state index contributed by atoms with van der Waals surface area (Å²) in [5.74, 6) is 0.588. The van der Waals surface area contributed by atoms with Crippen molar-refractivity contribution in [3.05, 3.63) is 96.8 Å². The van der Waals surface area contributed by atoms with Crippen LogP contribution in [0.3, 0.4) is 0 Å². The first-order valence-electron chi connectivity index (χ1n) is 11.0. The number of carbonyl (C=O) groups is 1. The molecule has 5 aromatic rings. The minimum atomic E-state index is -0.170. The van der Waals surface area contributed by atoms with Crippen molar-refractivity contribution in [1.82, 2.24) is 25.1 Å². The number of anilines is 1. The number of rotatable bonds is 8. The zero-order valence-corrected chi connectivity index (χ0v) is 18.8. The van der Waals surface area contributed by atoms with Crippen molar-refractivity contribution in [2.24, 2.45) is 0 Å². The van der Waals surface area contributed by atoms with Gasteiger partial charge in [0.25, 0.3) is 5.91 Å². The van der Waals surface area contributed by atoms with Crippen LogP contribution in [0.5, 0.6) is 0 Å². The van der Waals surface area contributed by atoms with Gasteiger partial charge in [0.15, 0.2) is 5.65 Å². The van der Waals surface area contributed by atoms with Crippen molar-refractivity contribution >= 4 is 22.6 Å². The summed E-state index contributed by atoms with van der Waals surface area (Å²) in [6.45, 7) is 1.59.